The van der Waals surface area contributed by atoms with E-state index in [1.807, 2.05) is 32.9 Å². The maximum absolute atomic E-state index is 13.9. The fraction of sp³-hybridized carbons (Fsp3) is 0.348. The number of H-pyrrole nitrogens is 1. The molecule has 0 aliphatic heterocycles. The Labute approximate surface area is 175 Å². The average Bonchev–Trinajstić information content (AvgIpc) is 3.07. The third-order valence-electron chi connectivity index (χ3n) is 4.68. The normalized spacial score (nSPS) is 11.5. The van der Waals surface area contributed by atoms with Crippen LogP contribution in [0.15, 0.2) is 42.5 Å². The summed E-state index contributed by atoms with van der Waals surface area (Å²) < 4.78 is 13.9. The Bertz CT molecular complexity index is 1050. The Kier molecular flexibility index (Phi) is 6.50. The van der Waals surface area contributed by atoms with Crippen molar-refractivity contribution in [3.63, 3.8) is 0 Å². The Morgan fingerprint density at radius 1 is 1.13 bits per heavy atom. The zero-order valence-electron chi connectivity index (χ0n) is 17.5. The number of nitrogens with zero attached hydrogens (tertiary/aromatic N) is 1. The smallest absolute Gasteiger partial charge is 0.225 e. The number of amides is 2. The number of hydrogen-bond acceptors (Lipinski definition) is 3. The lowest BCUT2D eigenvalue weighted by atomic mass is 9.96. The van der Waals surface area contributed by atoms with E-state index in [0.717, 1.165) is 11.0 Å². The summed E-state index contributed by atoms with van der Waals surface area (Å²) in [5, 5.41) is 5.69. The summed E-state index contributed by atoms with van der Waals surface area (Å²) in [5.74, 6) is 0.252. The molecule has 0 saturated carbocycles. The van der Waals surface area contributed by atoms with Gasteiger partial charge in [-0.1, -0.05) is 39.0 Å². The highest BCUT2D eigenvalue weighted by Crippen LogP contribution is 2.20. The molecule has 0 spiro atoms. The summed E-state index contributed by atoms with van der Waals surface area (Å²) in [6.07, 6.45) is 1.24. The van der Waals surface area contributed by atoms with E-state index in [-0.39, 0.29) is 17.6 Å². The van der Waals surface area contributed by atoms with Gasteiger partial charge in [-0.2, -0.15) is 0 Å². The van der Waals surface area contributed by atoms with Crippen LogP contribution in [0.1, 0.15) is 45.0 Å². The number of aromatic amines is 1. The van der Waals surface area contributed by atoms with Crippen LogP contribution >= 0.6 is 0 Å². The fourth-order valence-corrected chi connectivity index (χ4v) is 2.99. The molecule has 0 bridgehead atoms. The minimum atomic E-state index is -0.438. The van der Waals surface area contributed by atoms with Gasteiger partial charge in [0, 0.05) is 30.5 Å². The maximum Gasteiger partial charge on any atom is 0.225 e. The number of benzene rings is 2. The van der Waals surface area contributed by atoms with Crippen molar-refractivity contribution >= 4 is 28.5 Å². The SMILES string of the molecule is CC(C)(C)C(=O)NCCCC(=O)Nc1ccc2nc(Cc3ccccc3F)[nH]c2c1. The highest BCUT2D eigenvalue weighted by molar-refractivity contribution is 5.93. The van der Waals surface area contributed by atoms with E-state index in [0.29, 0.717) is 42.9 Å². The van der Waals surface area contributed by atoms with Gasteiger partial charge >= 0.3 is 0 Å². The first-order chi connectivity index (χ1) is 14.2. The van der Waals surface area contributed by atoms with Crippen molar-refractivity contribution in [2.75, 3.05) is 11.9 Å². The summed E-state index contributed by atoms with van der Waals surface area (Å²) in [4.78, 5) is 31.7. The molecule has 0 saturated heterocycles. The lowest BCUT2D eigenvalue weighted by Crippen LogP contribution is -2.35. The summed E-state index contributed by atoms with van der Waals surface area (Å²) in [7, 11) is 0. The summed E-state index contributed by atoms with van der Waals surface area (Å²) in [5.41, 5.74) is 2.32. The molecule has 0 unspecified atom stereocenters. The standard InChI is InChI=1S/C23H27FN4O2/c1-23(2,3)22(30)25-12-6-9-21(29)26-16-10-11-18-19(14-16)28-20(27-18)13-15-7-4-5-8-17(15)24/h4-5,7-8,10-11,14H,6,9,12-13H2,1-3H3,(H,25,30)(H,26,29)(H,27,28). The number of halogens is 1. The number of carbonyl (C=O) groups is 2. The Morgan fingerprint density at radius 2 is 1.90 bits per heavy atom. The molecule has 7 heteroatoms. The molecule has 1 aromatic heterocycles. The fourth-order valence-electron chi connectivity index (χ4n) is 2.99. The maximum atomic E-state index is 13.9. The highest BCUT2D eigenvalue weighted by atomic mass is 19.1. The molecule has 30 heavy (non-hydrogen) atoms. The van der Waals surface area contributed by atoms with Gasteiger partial charge in [0.2, 0.25) is 11.8 Å². The minimum absolute atomic E-state index is 0.0289. The summed E-state index contributed by atoms with van der Waals surface area (Å²) in [6, 6.07) is 12.0. The van der Waals surface area contributed by atoms with E-state index < -0.39 is 5.41 Å². The van der Waals surface area contributed by atoms with Crippen molar-refractivity contribution in [2.24, 2.45) is 5.41 Å². The van der Waals surface area contributed by atoms with Crippen molar-refractivity contribution < 1.29 is 14.0 Å². The van der Waals surface area contributed by atoms with Gasteiger partial charge < -0.3 is 15.6 Å². The van der Waals surface area contributed by atoms with Gasteiger partial charge in [-0.3, -0.25) is 9.59 Å². The second-order valence-electron chi connectivity index (χ2n) is 8.34. The quantitative estimate of drug-likeness (QED) is 0.511. The number of imidazole rings is 1. The lowest BCUT2D eigenvalue weighted by Gasteiger charge is -2.17. The Hall–Kier alpha value is -3.22. The van der Waals surface area contributed by atoms with E-state index in [2.05, 4.69) is 20.6 Å². The first kappa shape index (κ1) is 21.5. The predicted octanol–water partition coefficient (Wildman–Crippen LogP) is 4.17. The van der Waals surface area contributed by atoms with Gasteiger partial charge in [0.15, 0.2) is 0 Å². The van der Waals surface area contributed by atoms with Crippen molar-refractivity contribution in [1.82, 2.24) is 15.3 Å². The molecule has 3 rings (SSSR count). The Morgan fingerprint density at radius 3 is 2.63 bits per heavy atom. The molecule has 0 fully saturated rings. The van der Waals surface area contributed by atoms with E-state index in [1.165, 1.54) is 6.07 Å². The van der Waals surface area contributed by atoms with Crippen LogP contribution in [0.3, 0.4) is 0 Å². The molecule has 1 heterocycles. The number of nitrogens with one attached hydrogen (secondary N) is 3. The van der Waals surface area contributed by atoms with Crippen LogP contribution in [0.5, 0.6) is 0 Å². The van der Waals surface area contributed by atoms with Gasteiger partial charge in [0.25, 0.3) is 0 Å². The first-order valence-corrected chi connectivity index (χ1v) is 10.0. The van der Waals surface area contributed by atoms with Gasteiger partial charge in [-0.05, 0) is 36.2 Å². The predicted molar refractivity (Wildman–Crippen MR) is 116 cm³/mol. The second-order valence-corrected chi connectivity index (χ2v) is 8.34. The number of hydrogen-bond donors (Lipinski definition) is 3. The molecule has 0 aliphatic rings. The zero-order chi connectivity index (χ0) is 21.7. The number of aromatic nitrogens is 2. The first-order valence-electron chi connectivity index (χ1n) is 10.0. The van der Waals surface area contributed by atoms with Crippen molar-refractivity contribution in [3.8, 4) is 0 Å². The van der Waals surface area contributed by atoms with Gasteiger partial charge in [-0.25, -0.2) is 9.37 Å². The third kappa shape index (κ3) is 5.65. The zero-order valence-corrected chi connectivity index (χ0v) is 17.5. The molecule has 0 atom stereocenters. The molecule has 3 N–H and O–H groups in total. The largest absolute Gasteiger partial charge is 0.356 e. The van der Waals surface area contributed by atoms with Crippen LogP contribution in [0.4, 0.5) is 10.1 Å². The minimum Gasteiger partial charge on any atom is -0.356 e. The number of carbonyl (C=O) groups excluding carboxylic acids is 2. The lowest BCUT2D eigenvalue weighted by molar-refractivity contribution is -0.128. The summed E-state index contributed by atoms with van der Waals surface area (Å²) >= 11 is 0. The van der Waals surface area contributed by atoms with Gasteiger partial charge in [0.1, 0.15) is 11.6 Å². The molecule has 6 nitrogen and oxygen atoms in total. The number of rotatable bonds is 7. The van der Waals surface area contributed by atoms with Crippen LogP contribution < -0.4 is 10.6 Å². The van der Waals surface area contributed by atoms with E-state index in [9.17, 15) is 14.0 Å². The molecule has 2 aromatic carbocycles. The van der Waals surface area contributed by atoms with Gasteiger partial charge in [-0.15, -0.1) is 0 Å². The average molecular weight is 410 g/mol. The molecule has 158 valence electrons. The van der Waals surface area contributed by atoms with Crippen LogP contribution in [0, 0.1) is 11.2 Å². The van der Waals surface area contributed by atoms with Crippen molar-refractivity contribution in [2.45, 2.75) is 40.0 Å². The second kappa shape index (κ2) is 9.07. The van der Waals surface area contributed by atoms with E-state index in [1.54, 1.807) is 24.3 Å². The number of fused-ring (bicyclic) bond motifs is 1. The topological polar surface area (TPSA) is 86.9 Å². The highest BCUT2D eigenvalue weighted by Gasteiger charge is 2.20. The molecule has 2 amide bonds. The summed E-state index contributed by atoms with van der Waals surface area (Å²) in [6.45, 7) is 6.01. The van der Waals surface area contributed by atoms with Crippen molar-refractivity contribution in [1.29, 1.82) is 0 Å². The van der Waals surface area contributed by atoms with Crippen LogP contribution in [-0.2, 0) is 16.0 Å². The van der Waals surface area contributed by atoms with Crippen LogP contribution in [-0.4, -0.2) is 28.3 Å². The van der Waals surface area contributed by atoms with Gasteiger partial charge in [0.05, 0.1) is 11.0 Å². The monoisotopic (exact) mass is 410 g/mol. The Balaban J connectivity index is 1.55. The molecule has 0 aliphatic carbocycles. The molecular weight excluding hydrogens is 383 g/mol. The third-order valence-corrected chi connectivity index (χ3v) is 4.68. The van der Waals surface area contributed by atoms with E-state index >= 15 is 0 Å². The molecule has 3 aromatic rings. The van der Waals surface area contributed by atoms with Crippen LogP contribution in [0.25, 0.3) is 11.0 Å². The van der Waals surface area contributed by atoms with Crippen LogP contribution in [0.2, 0.25) is 0 Å². The van der Waals surface area contributed by atoms with Crippen molar-refractivity contribution in [3.05, 3.63) is 59.7 Å². The number of anilines is 1. The molecular formula is C23H27FN4O2. The molecule has 0 radical (unpaired) electrons. The van der Waals surface area contributed by atoms with E-state index in [4.69, 9.17) is 0 Å².